The molecule has 0 aliphatic rings. The first-order chi connectivity index (χ1) is 7.61. The summed E-state index contributed by atoms with van der Waals surface area (Å²) in [5.41, 5.74) is 0. The number of nitrogens with zero attached hydrogens (tertiary/aromatic N) is 4. The molecule has 0 radical (unpaired) electrons. The fourth-order valence-corrected chi connectivity index (χ4v) is 2.49. The van der Waals surface area contributed by atoms with Gasteiger partial charge < -0.3 is 5.32 Å². The Morgan fingerprint density at radius 2 is 2.12 bits per heavy atom. The van der Waals surface area contributed by atoms with Gasteiger partial charge in [0.1, 0.15) is 0 Å². The normalized spacial score (nSPS) is 13.3. The molecule has 1 N–H and O–H groups in total. The first kappa shape index (κ1) is 13.4. The van der Waals surface area contributed by atoms with Crippen LogP contribution in [-0.4, -0.2) is 44.8 Å². The van der Waals surface area contributed by atoms with Gasteiger partial charge in [0.2, 0.25) is 0 Å². The number of tetrazole rings is 1. The molecule has 1 aromatic rings. The molecule has 0 aliphatic heterocycles. The van der Waals surface area contributed by atoms with Crippen molar-refractivity contribution in [3.63, 3.8) is 0 Å². The van der Waals surface area contributed by atoms with Crippen molar-refractivity contribution in [3.05, 3.63) is 5.82 Å². The van der Waals surface area contributed by atoms with E-state index in [0.29, 0.717) is 6.04 Å². The monoisotopic (exact) mass is 243 g/mol. The van der Waals surface area contributed by atoms with E-state index >= 15 is 0 Å². The maximum atomic E-state index is 4.19. The zero-order chi connectivity index (χ0) is 12.0. The molecule has 1 rings (SSSR count). The summed E-state index contributed by atoms with van der Waals surface area (Å²) in [6, 6.07) is 0.424. The second-order valence-corrected chi connectivity index (χ2v) is 5.39. The van der Waals surface area contributed by atoms with Gasteiger partial charge in [0.25, 0.3) is 0 Å². The highest BCUT2D eigenvalue weighted by Crippen LogP contribution is 2.10. The summed E-state index contributed by atoms with van der Waals surface area (Å²) in [6.45, 7) is 4.48. The number of aromatic nitrogens is 4. The lowest BCUT2D eigenvalue weighted by molar-refractivity contribution is 0.590. The summed E-state index contributed by atoms with van der Waals surface area (Å²) in [6.07, 6.45) is 0.843. The number of aryl methyl sites for hydroxylation is 1. The molecule has 0 amide bonds. The van der Waals surface area contributed by atoms with Gasteiger partial charge in [-0.2, -0.15) is 16.6 Å². The van der Waals surface area contributed by atoms with E-state index in [4.69, 9.17) is 0 Å². The molecule has 16 heavy (non-hydrogen) atoms. The van der Waals surface area contributed by atoms with E-state index in [2.05, 4.69) is 34.6 Å². The minimum atomic E-state index is 0.424. The quantitative estimate of drug-likeness (QED) is 0.765. The average molecular weight is 243 g/mol. The van der Waals surface area contributed by atoms with Gasteiger partial charge in [-0.3, -0.25) is 0 Å². The third kappa shape index (κ3) is 4.94. The number of hydrogen-bond acceptors (Lipinski definition) is 5. The fourth-order valence-electron chi connectivity index (χ4n) is 1.32. The van der Waals surface area contributed by atoms with Crippen LogP contribution in [0.15, 0.2) is 0 Å². The maximum absolute atomic E-state index is 4.19. The van der Waals surface area contributed by atoms with Gasteiger partial charge in [-0.1, -0.05) is 13.8 Å². The van der Waals surface area contributed by atoms with Crippen molar-refractivity contribution >= 4 is 11.8 Å². The van der Waals surface area contributed by atoms with Crippen LogP contribution in [0.2, 0.25) is 0 Å². The van der Waals surface area contributed by atoms with E-state index < -0.39 is 0 Å². The van der Waals surface area contributed by atoms with E-state index in [-0.39, 0.29) is 0 Å². The number of thioether (sulfide) groups is 1. The van der Waals surface area contributed by atoms with Crippen LogP contribution in [0, 0.1) is 5.92 Å². The Morgan fingerprint density at radius 1 is 1.38 bits per heavy atom. The average Bonchev–Trinajstić information content (AvgIpc) is 2.62. The van der Waals surface area contributed by atoms with E-state index in [9.17, 15) is 0 Å². The third-order valence-corrected chi connectivity index (χ3v) is 3.70. The van der Waals surface area contributed by atoms with Crippen LogP contribution in [0.1, 0.15) is 19.7 Å². The molecule has 1 heterocycles. The van der Waals surface area contributed by atoms with Crippen molar-refractivity contribution in [2.45, 2.75) is 26.3 Å². The minimum absolute atomic E-state index is 0.424. The van der Waals surface area contributed by atoms with Crippen LogP contribution in [-0.2, 0) is 13.5 Å². The van der Waals surface area contributed by atoms with E-state index in [1.807, 2.05) is 18.8 Å². The van der Waals surface area contributed by atoms with E-state index in [0.717, 1.165) is 23.9 Å². The van der Waals surface area contributed by atoms with Crippen molar-refractivity contribution in [1.29, 1.82) is 0 Å². The molecular formula is C10H21N5S. The van der Waals surface area contributed by atoms with Crippen molar-refractivity contribution in [2.24, 2.45) is 13.0 Å². The lowest BCUT2D eigenvalue weighted by Crippen LogP contribution is -2.30. The summed E-state index contributed by atoms with van der Waals surface area (Å²) >= 11 is 1.97. The Labute approximate surface area is 101 Å². The van der Waals surface area contributed by atoms with Crippen molar-refractivity contribution < 1.29 is 0 Å². The highest BCUT2D eigenvalue weighted by molar-refractivity contribution is 7.99. The topological polar surface area (TPSA) is 55.6 Å². The molecule has 0 aromatic carbocycles. The first-order valence-electron chi connectivity index (χ1n) is 5.59. The van der Waals surface area contributed by atoms with Crippen LogP contribution in [0.25, 0.3) is 0 Å². The van der Waals surface area contributed by atoms with Gasteiger partial charge in [0.05, 0.1) is 7.05 Å². The van der Waals surface area contributed by atoms with Gasteiger partial charge in [-0.25, -0.2) is 0 Å². The first-order valence-corrected chi connectivity index (χ1v) is 6.75. The van der Waals surface area contributed by atoms with E-state index in [1.54, 1.807) is 7.05 Å². The fraction of sp³-hybridized carbons (Fsp3) is 0.900. The lowest BCUT2D eigenvalue weighted by Gasteiger charge is -2.14. The van der Waals surface area contributed by atoms with Crippen LogP contribution in [0.4, 0.5) is 0 Å². The zero-order valence-corrected chi connectivity index (χ0v) is 11.3. The maximum Gasteiger partial charge on any atom is 0.176 e. The highest BCUT2D eigenvalue weighted by atomic mass is 32.2. The zero-order valence-electron chi connectivity index (χ0n) is 10.5. The lowest BCUT2D eigenvalue weighted by atomic mass is 10.2. The van der Waals surface area contributed by atoms with Crippen molar-refractivity contribution in [1.82, 2.24) is 25.5 Å². The number of rotatable bonds is 7. The molecular weight excluding hydrogens is 222 g/mol. The molecule has 0 spiro atoms. The van der Waals surface area contributed by atoms with Crippen LogP contribution >= 0.6 is 11.8 Å². The molecule has 0 saturated heterocycles. The summed E-state index contributed by atoms with van der Waals surface area (Å²) in [5.74, 6) is 3.85. The summed E-state index contributed by atoms with van der Waals surface area (Å²) < 4.78 is 0. The predicted octanol–water partition coefficient (Wildman–Crippen LogP) is 0.730. The molecule has 5 nitrogen and oxygen atoms in total. The Hall–Kier alpha value is -0.620. The second-order valence-electron chi connectivity index (χ2n) is 4.32. The molecule has 1 aromatic heterocycles. The molecule has 92 valence electrons. The smallest absolute Gasteiger partial charge is 0.176 e. The van der Waals surface area contributed by atoms with Gasteiger partial charge in [0.15, 0.2) is 5.82 Å². The Bertz CT molecular complexity index is 299. The number of nitrogens with one attached hydrogen (secondary N) is 1. The molecule has 0 aliphatic carbocycles. The van der Waals surface area contributed by atoms with Crippen LogP contribution in [0.5, 0.6) is 0 Å². The molecule has 1 atom stereocenters. The molecule has 0 saturated carbocycles. The summed E-state index contributed by atoms with van der Waals surface area (Å²) in [7, 11) is 3.77. The Kier molecular flexibility index (Phi) is 5.76. The molecule has 1 unspecified atom stereocenters. The third-order valence-electron chi connectivity index (χ3n) is 2.16. The van der Waals surface area contributed by atoms with Crippen LogP contribution in [0.3, 0.4) is 0 Å². The predicted molar refractivity (Wildman–Crippen MR) is 67.5 cm³/mol. The highest BCUT2D eigenvalue weighted by Gasteiger charge is 2.11. The van der Waals surface area contributed by atoms with Crippen LogP contribution < -0.4 is 5.32 Å². The molecule has 0 fully saturated rings. The number of likely N-dealkylation sites (N-methyl/N-ethyl adjacent to an activating group) is 1. The van der Waals surface area contributed by atoms with Gasteiger partial charge >= 0.3 is 0 Å². The molecule has 0 bridgehead atoms. The van der Waals surface area contributed by atoms with Gasteiger partial charge in [-0.05, 0) is 23.9 Å². The second kappa shape index (κ2) is 6.85. The largest absolute Gasteiger partial charge is 0.316 e. The Balaban J connectivity index is 2.31. The SMILES string of the molecule is CNC(CSCC(C)C)Cc1nnn(C)n1. The number of hydrogen-bond donors (Lipinski definition) is 1. The van der Waals surface area contributed by atoms with Crippen molar-refractivity contribution in [2.75, 3.05) is 18.6 Å². The van der Waals surface area contributed by atoms with E-state index in [1.165, 1.54) is 10.5 Å². The van der Waals surface area contributed by atoms with Crippen molar-refractivity contribution in [3.8, 4) is 0 Å². The molecule has 6 heteroatoms. The summed E-state index contributed by atoms with van der Waals surface area (Å²) in [5, 5.41) is 15.3. The standard InChI is InChI=1S/C10H21N5S/c1-8(2)6-16-7-9(11-3)5-10-12-14-15(4)13-10/h8-9,11H,5-7H2,1-4H3. The minimum Gasteiger partial charge on any atom is -0.316 e. The summed E-state index contributed by atoms with van der Waals surface area (Å²) in [4.78, 5) is 1.50. The van der Waals surface area contributed by atoms with Gasteiger partial charge in [-0.15, -0.1) is 10.2 Å². The van der Waals surface area contributed by atoms with Gasteiger partial charge in [0, 0.05) is 18.2 Å². The Morgan fingerprint density at radius 3 is 2.62 bits per heavy atom.